The van der Waals surface area contributed by atoms with E-state index >= 15 is 0 Å². The van der Waals surface area contributed by atoms with Crippen LogP contribution in [0, 0.1) is 0 Å². The van der Waals surface area contributed by atoms with Crippen LogP contribution in [0.3, 0.4) is 0 Å². The molecule has 4 N–H and O–H groups in total. The molecule has 0 spiro atoms. The van der Waals surface area contributed by atoms with Crippen molar-refractivity contribution in [3.8, 4) is 11.5 Å². The van der Waals surface area contributed by atoms with E-state index in [2.05, 4.69) is 15.9 Å². The lowest BCUT2D eigenvalue weighted by Gasteiger charge is -2.23. The predicted molar refractivity (Wildman–Crippen MR) is 89.4 cm³/mol. The SMILES string of the molecule is Cl.N[C@@H](Cc1cc(O)c(O)cc1Br)C(=O)OC1CCCCC1. The van der Waals surface area contributed by atoms with Crippen molar-refractivity contribution >= 4 is 34.3 Å². The molecule has 0 amide bonds. The highest BCUT2D eigenvalue weighted by Crippen LogP contribution is 2.32. The fourth-order valence-electron chi connectivity index (χ4n) is 2.51. The Morgan fingerprint density at radius 2 is 1.86 bits per heavy atom. The van der Waals surface area contributed by atoms with E-state index < -0.39 is 12.0 Å². The van der Waals surface area contributed by atoms with E-state index in [9.17, 15) is 15.0 Å². The molecule has 2 rings (SSSR count). The molecule has 7 heteroatoms. The first-order valence-electron chi connectivity index (χ1n) is 7.14. The zero-order valence-electron chi connectivity index (χ0n) is 12.1. The fraction of sp³-hybridized carbons (Fsp3) is 0.533. The van der Waals surface area contributed by atoms with Crippen LogP contribution in [0.5, 0.6) is 11.5 Å². The van der Waals surface area contributed by atoms with Gasteiger partial charge in [0, 0.05) is 4.47 Å². The Balaban J connectivity index is 0.00000242. The summed E-state index contributed by atoms with van der Waals surface area (Å²) in [5.41, 5.74) is 6.54. The van der Waals surface area contributed by atoms with Crippen LogP contribution < -0.4 is 5.73 Å². The van der Waals surface area contributed by atoms with Gasteiger partial charge in [0.25, 0.3) is 0 Å². The zero-order chi connectivity index (χ0) is 15.4. The Bertz CT molecular complexity index is 521. The Hall–Kier alpha value is -0.980. The highest BCUT2D eigenvalue weighted by atomic mass is 79.9. The van der Waals surface area contributed by atoms with E-state index in [-0.39, 0.29) is 36.4 Å². The maximum Gasteiger partial charge on any atom is 0.323 e. The average molecular weight is 395 g/mol. The molecule has 0 aromatic heterocycles. The van der Waals surface area contributed by atoms with Gasteiger partial charge in [-0.25, -0.2) is 0 Å². The number of halogens is 2. The molecule has 1 fully saturated rings. The molecule has 0 aliphatic heterocycles. The van der Waals surface area contributed by atoms with Crippen LogP contribution in [0.2, 0.25) is 0 Å². The maximum absolute atomic E-state index is 12.0. The molecule has 1 aliphatic carbocycles. The molecule has 1 atom stereocenters. The first-order valence-corrected chi connectivity index (χ1v) is 7.93. The van der Waals surface area contributed by atoms with Crippen LogP contribution in [0.15, 0.2) is 16.6 Å². The van der Waals surface area contributed by atoms with Gasteiger partial charge in [-0.05, 0) is 49.8 Å². The first kappa shape index (κ1) is 19.1. The molecule has 0 unspecified atom stereocenters. The number of phenols is 2. The molecule has 5 nitrogen and oxygen atoms in total. The second-order valence-electron chi connectivity index (χ2n) is 5.44. The second kappa shape index (κ2) is 8.60. The summed E-state index contributed by atoms with van der Waals surface area (Å²) >= 11 is 3.28. The summed E-state index contributed by atoms with van der Waals surface area (Å²) in [6.07, 6.45) is 5.40. The smallest absolute Gasteiger partial charge is 0.323 e. The minimum Gasteiger partial charge on any atom is -0.504 e. The fourth-order valence-corrected chi connectivity index (χ4v) is 3.00. The first-order chi connectivity index (χ1) is 9.97. The van der Waals surface area contributed by atoms with Crippen LogP contribution in [-0.4, -0.2) is 28.3 Å². The van der Waals surface area contributed by atoms with E-state index in [1.165, 1.54) is 18.6 Å². The van der Waals surface area contributed by atoms with E-state index in [0.29, 0.717) is 10.0 Å². The number of hydrogen-bond donors (Lipinski definition) is 3. The van der Waals surface area contributed by atoms with Crippen molar-refractivity contribution in [2.45, 2.75) is 50.7 Å². The van der Waals surface area contributed by atoms with Crippen LogP contribution in [-0.2, 0) is 16.0 Å². The van der Waals surface area contributed by atoms with Gasteiger partial charge in [-0.3, -0.25) is 4.79 Å². The maximum atomic E-state index is 12.0. The molecule has 0 radical (unpaired) electrons. The minimum atomic E-state index is -0.785. The van der Waals surface area contributed by atoms with Gasteiger partial charge in [0.15, 0.2) is 11.5 Å². The second-order valence-corrected chi connectivity index (χ2v) is 6.29. The van der Waals surface area contributed by atoms with Crippen LogP contribution in [0.4, 0.5) is 0 Å². The van der Waals surface area contributed by atoms with Gasteiger partial charge in [-0.1, -0.05) is 22.4 Å². The number of phenolic OH excluding ortho intramolecular Hbond substituents is 2. The number of esters is 1. The standard InChI is InChI=1S/C15H20BrNO4.ClH/c16-11-8-14(19)13(18)7-9(11)6-12(17)15(20)21-10-4-2-1-3-5-10;/h7-8,10,12,18-19H,1-6,17H2;1H/t12-;/m0./s1. The average Bonchev–Trinajstić information content (AvgIpc) is 2.45. The van der Waals surface area contributed by atoms with Gasteiger partial charge < -0.3 is 20.7 Å². The number of rotatable bonds is 4. The van der Waals surface area contributed by atoms with Gasteiger partial charge in [0.05, 0.1) is 0 Å². The molecule has 0 saturated heterocycles. The number of nitrogens with two attached hydrogens (primary N) is 1. The van der Waals surface area contributed by atoms with E-state index in [4.69, 9.17) is 10.5 Å². The summed E-state index contributed by atoms with van der Waals surface area (Å²) in [6.45, 7) is 0. The summed E-state index contributed by atoms with van der Waals surface area (Å²) in [5.74, 6) is -0.869. The lowest BCUT2D eigenvalue weighted by atomic mass is 9.97. The monoisotopic (exact) mass is 393 g/mol. The van der Waals surface area contributed by atoms with Gasteiger partial charge in [0.2, 0.25) is 0 Å². The number of carbonyl (C=O) groups excluding carboxylic acids is 1. The Morgan fingerprint density at radius 3 is 2.50 bits per heavy atom. The van der Waals surface area contributed by atoms with Gasteiger partial charge in [-0.2, -0.15) is 0 Å². The lowest BCUT2D eigenvalue weighted by Crippen LogP contribution is -2.37. The highest BCUT2D eigenvalue weighted by Gasteiger charge is 2.23. The van der Waals surface area contributed by atoms with E-state index in [1.807, 2.05) is 0 Å². The number of ether oxygens (including phenoxy) is 1. The van der Waals surface area contributed by atoms with Gasteiger partial charge in [0.1, 0.15) is 12.1 Å². The van der Waals surface area contributed by atoms with Crippen LogP contribution in [0.1, 0.15) is 37.7 Å². The molecular formula is C15H21BrClNO4. The predicted octanol–water partition coefficient (Wildman–Crippen LogP) is 3.03. The zero-order valence-corrected chi connectivity index (χ0v) is 14.5. The molecular weight excluding hydrogens is 374 g/mol. The molecule has 22 heavy (non-hydrogen) atoms. The Labute approximate surface area is 144 Å². The normalized spacial score (nSPS) is 16.6. The molecule has 0 bridgehead atoms. The largest absolute Gasteiger partial charge is 0.504 e. The highest BCUT2D eigenvalue weighted by molar-refractivity contribution is 9.10. The van der Waals surface area contributed by atoms with E-state index in [1.54, 1.807) is 0 Å². The third kappa shape index (κ3) is 5.04. The summed E-state index contributed by atoms with van der Waals surface area (Å²) in [5, 5.41) is 18.9. The summed E-state index contributed by atoms with van der Waals surface area (Å²) < 4.78 is 6.02. The Morgan fingerprint density at radius 1 is 1.27 bits per heavy atom. The van der Waals surface area contributed by atoms with E-state index in [0.717, 1.165) is 25.7 Å². The molecule has 0 heterocycles. The van der Waals surface area contributed by atoms with Crippen molar-refractivity contribution in [1.82, 2.24) is 0 Å². The summed E-state index contributed by atoms with van der Waals surface area (Å²) in [6, 6.07) is 1.99. The number of aromatic hydroxyl groups is 2. The van der Waals surface area contributed by atoms with Crippen molar-refractivity contribution < 1.29 is 19.7 Å². The molecule has 1 aromatic carbocycles. The summed E-state index contributed by atoms with van der Waals surface area (Å²) in [7, 11) is 0. The molecule has 1 aliphatic rings. The number of benzene rings is 1. The van der Waals surface area contributed by atoms with Gasteiger partial charge in [-0.15, -0.1) is 12.4 Å². The molecule has 124 valence electrons. The quantitative estimate of drug-likeness (QED) is 0.539. The summed E-state index contributed by atoms with van der Waals surface area (Å²) in [4.78, 5) is 12.0. The van der Waals surface area contributed by atoms with Crippen LogP contribution in [0.25, 0.3) is 0 Å². The molecule has 1 saturated carbocycles. The van der Waals surface area contributed by atoms with Crippen molar-refractivity contribution in [3.05, 3.63) is 22.2 Å². The third-order valence-electron chi connectivity index (χ3n) is 3.72. The Kier molecular flexibility index (Phi) is 7.45. The third-order valence-corrected chi connectivity index (χ3v) is 4.46. The van der Waals surface area contributed by atoms with Crippen molar-refractivity contribution in [3.63, 3.8) is 0 Å². The van der Waals surface area contributed by atoms with Crippen LogP contribution >= 0.6 is 28.3 Å². The lowest BCUT2D eigenvalue weighted by molar-refractivity contribution is -0.152. The van der Waals surface area contributed by atoms with Gasteiger partial charge >= 0.3 is 5.97 Å². The van der Waals surface area contributed by atoms with Crippen molar-refractivity contribution in [2.24, 2.45) is 5.73 Å². The number of carbonyl (C=O) groups is 1. The topological polar surface area (TPSA) is 92.8 Å². The van der Waals surface area contributed by atoms with Crippen molar-refractivity contribution in [1.29, 1.82) is 0 Å². The van der Waals surface area contributed by atoms with Crippen molar-refractivity contribution in [2.75, 3.05) is 0 Å². The molecule has 1 aromatic rings. The minimum absolute atomic E-state index is 0. The number of hydrogen-bond acceptors (Lipinski definition) is 5.